The summed E-state index contributed by atoms with van der Waals surface area (Å²) < 4.78 is 3.53. The third kappa shape index (κ3) is 3.70. The molecule has 1 N–H and O–H groups in total. The minimum atomic E-state index is -0.162. The van der Waals surface area contributed by atoms with E-state index in [0.29, 0.717) is 44.1 Å². The zero-order valence-corrected chi connectivity index (χ0v) is 17.1. The zero-order valence-electron chi connectivity index (χ0n) is 14.7. The lowest BCUT2D eigenvalue weighted by Crippen LogP contribution is -2.05. The van der Waals surface area contributed by atoms with E-state index < -0.39 is 0 Å². The maximum atomic E-state index is 9.45. The summed E-state index contributed by atoms with van der Waals surface area (Å²) in [4.78, 5) is 0. The van der Waals surface area contributed by atoms with Gasteiger partial charge in [-0.15, -0.1) is 20.4 Å². The minimum Gasteiger partial charge on any atom is -0.388 e. The lowest BCUT2D eigenvalue weighted by Gasteiger charge is -2.07. The molecule has 28 heavy (non-hydrogen) atoms. The van der Waals surface area contributed by atoms with Crippen LogP contribution in [-0.4, -0.2) is 39.7 Å². The summed E-state index contributed by atoms with van der Waals surface area (Å²) in [5.41, 5.74) is 1.32. The van der Waals surface area contributed by atoms with Gasteiger partial charge >= 0.3 is 0 Å². The lowest BCUT2D eigenvalue weighted by atomic mass is 10.2. The molecule has 0 aliphatic rings. The van der Waals surface area contributed by atoms with Gasteiger partial charge < -0.3 is 9.67 Å². The second-order valence-electron chi connectivity index (χ2n) is 5.93. The van der Waals surface area contributed by atoms with E-state index >= 15 is 0 Å². The van der Waals surface area contributed by atoms with Crippen LogP contribution in [0.1, 0.15) is 19.2 Å². The van der Waals surface area contributed by atoms with Gasteiger partial charge in [0.1, 0.15) is 11.6 Å². The molecule has 0 radical (unpaired) electrons. The Kier molecular flexibility index (Phi) is 5.49. The third-order valence-electron chi connectivity index (χ3n) is 3.94. The minimum absolute atomic E-state index is 0.162. The van der Waals surface area contributed by atoms with Gasteiger partial charge in [-0.25, -0.2) is 0 Å². The van der Waals surface area contributed by atoms with Gasteiger partial charge in [-0.05, 0) is 48.5 Å². The van der Waals surface area contributed by atoms with Crippen LogP contribution in [0.15, 0.2) is 40.5 Å². The third-order valence-corrected chi connectivity index (χ3v) is 5.28. The molecule has 0 bridgehead atoms. The number of hydrogen-bond donors (Lipinski definition) is 1. The van der Waals surface area contributed by atoms with Crippen molar-refractivity contribution in [3.63, 3.8) is 0 Å². The number of hydrogen-bond acceptors (Lipinski definition) is 7. The standard InChI is InChI=1S/C17H15Cl2N7OS/c1-2-5-25-14(9-27)21-23-17(25)28-15-4-3-13-20-22-16(26(13)24-15)10-6-11(18)8-12(19)7-10/h3-4,6-8,27H,2,5,9H2,1H3. The van der Waals surface area contributed by atoms with E-state index in [1.54, 1.807) is 22.7 Å². The number of aliphatic hydroxyl groups is 1. The average Bonchev–Trinajstić information content (AvgIpc) is 3.25. The van der Waals surface area contributed by atoms with E-state index in [1.807, 2.05) is 16.7 Å². The lowest BCUT2D eigenvalue weighted by molar-refractivity contribution is 0.263. The van der Waals surface area contributed by atoms with E-state index in [2.05, 4.69) is 32.4 Å². The Labute approximate surface area is 174 Å². The van der Waals surface area contributed by atoms with Crippen LogP contribution in [0.2, 0.25) is 10.0 Å². The zero-order chi connectivity index (χ0) is 19.7. The predicted octanol–water partition coefficient (Wildman–Crippen LogP) is 3.74. The van der Waals surface area contributed by atoms with E-state index in [4.69, 9.17) is 23.2 Å². The second-order valence-corrected chi connectivity index (χ2v) is 7.79. The Morgan fingerprint density at radius 3 is 2.54 bits per heavy atom. The fourth-order valence-corrected chi connectivity index (χ4v) is 4.10. The van der Waals surface area contributed by atoms with Crippen molar-refractivity contribution >= 4 is 40.6 Å². The fraction of sp³-hybridized carbons (Fsp3) is 0.235. The number of rotatable bonds is 6. The van der Waals surface area contributed by atoms with E-state index in [9.17, 15) is 5.11 Å². The molecule has 3 aromatic heterocycles. The van der Waals surface area contributed by atoms with Gasteiger partial charge in [-0.3, -0.25) is 0 Å². The summed E-state index contributed by atoms with van der Waals surface area (Å²) in [6, 6.07) is 8.84. The summed E-state index contributed by atoms with van der Waals surface area (Å²) in [5, 5.41) is 33.0. The molecule has 0 aliphatic heterocycles. The van der Waals surface area contributed by atoms with Gasteiger partial charge in [0.05, 0.1) is 0 Å². The summed E-state index contributed by atoms with van der Waals surface area (Å²) in [7, 11) is 0. The van der Waals surface area contributed by atoms with Crippen molar-refractivity contribution in [1.82, 2.24) is 34.6 Å². The molecule has 0 aliphatic carbocycles. The Morgan fingerprint density at radius 1 is 1.04 bits per heavy atom. The Morgan fingerprint density at radius 2 is 1.82 bits per heavy atom. The van der Waals surface area contributed by atoms with Crippen LogP contribution >= 0.6 is 35.0 Å². The normalized spacial score (nSPS) is 11.4. The monoisotopic (exact) mass is 435 g/mol. The topological polar surface area (TPSA) is 94.0 Å². The van der Waals surface area contributed by atoms with Crippen molar-refractivity contribution in [2.75, 3.05) is 0 Å². The number of aliphatic hydroxyl groups excluding tert-OH is 1. The predicted molar refractivity (Wildman–Crippen MR) is 107 cm³/mol. The fourth-order valence-electron chi connectivity index (χ4n) is 2.74. The molecule has 0 saturated heterocycles. The maximum Gasteiger partial charge on any atom is 0.197 e. The van der Waals surface area contributed by atoms with Crippen molar-refractivity contribution < 1.29 is 5.11 Å². The molecule has 4 aromatic rings. The van der Waals surface area contributed by atoms with E-state index in [1.165, 1.54) is 11.8 Å². The first-order valence-electron chi connectivity index (χ1n) is 8.48. The number of halogens is 2. The van der Waals surface area contributed by atoms with Gasteiger partial charge in [0.2, 0.25) is 0 Å². The van der Waals surface area contributed by atoms with Crippen LogP contribution < -0.4 is 0 Å². The molecular weight excluding hydrogens is 421 g/mol. The largest absolute Gasteiger partial charge is 0.388 e. The molecule has 0 atom stereocenters. The summed E-state index contributed by atoms with van der Waals surface area (Å²) in [6.45, 7) is 2.61. The molecule has 144 valence electrons. The molecule has 4 rings (SSSR count). The van der Waals surface area contributed by atoms with Crippen LogP contribution in [-0.2, 0) is 13.2 Å². The molecule has 0 fully saturated rings. The SMILES string of the molecule is CCCn1c(CO)nnc1Sc1ccc2nnc(-c3cc(Cl)cc(Cl)c3)n2n1. The van der Waals surface area contributed by atoms with Crippen LogP contribution in [0.3, 0.4) is 0 Å². The second kappa shape index (κ2) is 8.04. The van der Waals surface area contributed by atoms with Crippen molar-refractivity contribution in [2.45, 2.75) is 36.7 Å². The van der Waals surface area contributed by atoms with Gasteiger partial charge in [0.25, 0.3) is 0 Å². The first-order valence-corrected chi connectivity index (χ1v) is 10.1. The molecule has 8 nitrogen and oxygen atoms in total. The average molecular weight is 436 g/mol. The molecule has 11 heteroatoms. The van der Waals surface area contributed by atoms with E-state index in [-0.39, 0.29) is 6.61 Å². The molecule has 0 spiro atoms. The van der Waals surface area contributed by atoms with Crippen LogP contribution in [0.5, 0.6) is 0 Å². The van der Waals surface area contributed by atoms with Crippen molar-refractivity contribution in [2.24, 2.45) is 0 Å². The Balaban J connectivity index is 1.73. The van der Waals surface area contributed by atoms with Gasteiger partial charge in [-0.2, -0.15) is 9.61 Å². The highest BCUT2D eigenvalue weighted by Crippen LogP contribution is 2.29. The Bertz CT molecular complexity index is 1120. The summed E-state index contributed by atoms with van der Waals surface area (Å²) >= 11 is 13.6. The molecule has 3 heterocycles. The van der Waals surface area contributed by atoms with Crippen molar-refractivity contribution in [1.29, 1.82) is 0 Å². The number of aromatic nitrogens is 7. The smallest absolute Gasteiger partial charge is 0.197 e. The summed E-state index contributed by atoms with van der Waals surface area (Å²) in [5.74, 6) is 1.07. The molecule has 0 saturated carbocycles. The number of nitrogens with zero attached hydrogens (tertiary/aromatic N) is 7. The molecule has 0 unspecified atom stereocenters. The van der Waals surface area contributed by atoms with Crippen LogP contribution in [0.4, 0.5) is 0 Å². The highest BCUT2D eigenvalue weighted by atomic mass is 35.5. The van der Waals surface area contributed by atoms with Crippen molar-refractivity contribution in [3.05, 3.63) is 46.2 Å². The van der Waals surface area contributed by atoms with Crippen LogP contribution in [0.25, 0.3) is 17.0 Å². The van der Waals surface area contributed by atoms with Gasteiger partial charge in [0, 0.05) is 22.2 Å². The number of benzene rings is 1. The molecular formula is C17H15Cl2N7OS. The Hall–Kier alpha value is -2.20. The highest BCUT2D eigenvalue weighted by molar-refractivity contribution is 7.99. The first-order chi connectivity index (χ1) is 13.6. The van der Waals surface area contributed by atoms with Gasteiger partial charge in [0.15, 0.2) is 22.5 Å². The van der Waals surface area contributed by atoms with E-state index in [0.717, 1.165) is 12.0 Å². The maximum absolute atomic E-state index is 9.45. The molecule has 1 aromatic carbocycles. The summed E-state index contributed by atoms with van der Waals surface area (Å²) in [6.07, 6.45) is 0.899. The van der Waals surface area contributed by atoms with Crippen molar-refractivity contribution in [3.8, 4) is 11.4 Å². The quantitative estimate of drug-likeness (QED) is 0.492. The van der Waals surface area contributed by atoms with Crippen LogP contribution in [0, 0.1) is 0 Å². The first kappa shape index (κ1) is 19.1. The molecule has 0 amide bonds. The number of fused-ring (bicyclic) bond motifs is 1. The van der Waals surface area contributed by atoms with Gasteiger partial charge in [-0.1, -0.05) is 30.1 Å². The highest BCUT2D eigenvalue weighted by Gasteiger charge is 2.15.